The number of aromatic nitrogens is 4. The number of nitrogens with one attached hydrogen (secondary N) is 1. The Morgan fingerprint density at radius 3 is 2.73 bits per heavy atom. The summed E-state index contributed by atoms with van der Waals surface area (Å²) < 4.78 is 1.13. The number of aliphatic hydroxyl groups excluding tert-OH is 1. The van der Waals surface area contributed by atoms with Crippen molar-refractivity contribution in [2.45, 2.75) is 12.6 Å². The number of rotatable bonds is 5. The fourth-order valence-corrected chi connectivity index (χ4v) is 0.825. The maximum atomic E-state index is 11.2. The summed E-state index contributed by atoms with van der Waals surface area (Å²) in [5.74, 6) is -1.90. The third-order valence-electron chi connectivity index (χ3n) is 1.51. The van der Waals surface area contributed by atoms with Crippen molar-refractivity contribution in [3.05, 3.63) is 6.33 Å². The molecule has 15 heavy (non-hydrogen) atoms. The highest BCUT2D eigenvalue weighted by molar-refractivity contribution is 5.83. The Kier molecular flexibility index (Phi) is 3.68. The third kappa shape index (κ3) is 3.31. The van der Waals surface area contributed by atoms with Gasteiger partial charge in [0.25, 0.3) is 0 Å². The standard InChI is InChI=1S/C6H9N5O4/c12-2-4(6(14)15)8-5(13)1-11-3-7-9-10-11/h3-4,12H,1-2H2,(H,8,13)(H,14,15)/t4-/m1/s1. The highest BCUT2D eigenvalue weighted by Crippen LogP contribution is 1.85. The molecule has 0 radical (unpaired) electrons. The molecule has 0 unspecified atom stereocenters. The van der Waals surface area contributed by atoms with E-state index in [1.807, 2.05) is 0 Å². The molecule has 1 aromatic rings. The molecule has 1 aromatic heterocycles. The molecule has 0 aliphatic heterocycles. The van der Waals surface area contributed by atoms with Crippen molar-refractivity contribution in [2.24, 2.45) is 0 Å². The quantitative estimate of drug-likeness (QED) is 0.484. The van der Waals surface area contributed by atoms with Crippen molar-refractivity contribution in [3.8, 4) is 0 Å². The Morgan fingerprint density at radius 2 is 2.27 bits per heavy atom. The molecule has 3 N–H and O–H groups in total. The van der Waals surface area contributed by atoms with Crippen LogP contribution in [0.1, 0.15) is 0 Å². The summed E-state index contributed by atoms with van der Waals surface area (Å²) in [6.45, 7) is -0.868. The lowest BCUT2D eigenvalue weighted by molar-refractivity contribution is -0.143. The normalized spacial score (nSPS) is 12.1. The van der Waals surface area contributed by atoms with Crippen LogP contribution in [0.3, 0.4) is 0 Å². The van der Waals surface area contributed by atoms with Crippen molar-refractivity contribution in [2.75, 3.05) is 6.61 Å². The second-order valence-corrected chi connectivity index (χ2v) is 2.65. The van der Waals surface area contributed by atoms with Crippen molar-refractivity contribution in [1.29, 1.82) is 0 Å². The van der Waals surface area contributed by atoms with Gasteiger partial charge in [-0.05, 0) is 10.4 Å². The van der Waals surface area contributed by atoms with Crippen LogP contribution in [0.2, 0.25) is 0 Å². The van der Waals surface area contributed by atoms with E-state index >= 15 is 0 Å². The topological polar surface area (TPSA) is 130 Å². The number of hydrogen-bond donors (Lipinski definition) is 3. The third-order valence-corrected chi connectivity index (χ3v) is 1.51. The number of carboxylic acids is 1. The minimum atomic E-state index is -1.31. The molecule has 0 aromatic carbocycles. The minimum Gasteiger partial charge on any atom is -0.480 e. The molecule has 0 spiro atoms. The summed E-state index contributed by atoms with van der Waals surface area (Å²) in [4.78, 5) is 21.6. The number of aliphatic hydroxyl groups is 1. The zero-order chi connectivity index (χ0) is 11.3. The molecule has 0 aliphatic rings. The van der Waals surface area contributed by atoms with Gasteiger partial charge in [-0.1, -0.05) is 0 Å². The first-order valence-electron chi connectivity index (χ1n) is 3.97. The van der Waals surface area contributed by atoms with Crippen molar-refractivity contribution in [1.82, 2.24) is 25.5 Å². The summed E-state index contributed by atoms with van der Waals surface area (Å²) in [7, 11) is 0. The molecule has 0 saturated heterocycles. The number of carbonyl (C=O) groups excluding carboxylic acids is 1. The lowest BCUT2D eigenvalue weighted by Crippen LogP contribution is -2.44. The molecular weight excluding hydrogens is 206 g/mol. The first kappa shape index (κ1) is 11.0. The van der Waals surface area contributed by atoms with E-state index in [9.17, 15) is 9.59 Å². The average Bonchev–Trinajstić information content (AvgIpc) is 2.66. The summed E-state index contributed by atoms with van der Waals surface area (Å²) in [6.07, 6.45) is 1.22. The van der Waals surface area contributed by atoms with Crippen LogP contribution in [-0.4, -0.2) is 54.9 Å². The Labute approximate surface area is 83.7 Å². The Balaban J connectivity index is 2.45. The van der Waals surface area contributed by atoms with Gasteiger partial charge in [0.1, 0.15) is 18.9 Å². The number of amides is 1. The van der Waals surface area contributed by atoms with E-state index in [1.54, 1.807) is 0 Å². The predicted octanol–water partition coefficient (Wildman–Crippen LogP) is -2.77. The van der Waals surface area contributed by atoms with Crippen molar-refractivity contribution < 1.29 is 19.8 Å². The van der Waals surface area contributed by atoms with Gasteiger partial charge < -0.3 is 15.5 Å². The molecule has 0 aliphatic carbocycles. The summed E-state index contributed by atoms with van der Waals surface area (Å²) in [6, 6.07) is -1.31. The van der Waals surface area contributed by atoms with Crippen LogP contribution >= 0.6 is 0 Å². The highest BCUT2D eigenvalue weighted by Gasteiger charge is 2.18. The van der Waals surface area contributed by atoms with E-state index in [0.717, 1.165) is 4.68 Å². The number of tetrazole rings is 1. The molecule has 1 atom stereocenters. The number of carboxylic acid groups (broad SMARTS) is 1. The number of hydrogen-bond acceptors (Lipinski definition) is 6. The monoisotopic (exact) mass is 215 g/mol. The molecule has 82 valence electrons. The van der Waals surface area contributed by atoms with E-state index in [1.165, 1.54) is 6.33 Å². The van der Waals surface area contributed by atoms with E-state index in [-0.39, 0.29) is 6.54 Å². The van der Waals surface area contributed by atoms with E-state index in [4.69, 9.17) is 10.2 Å². The van der Waals surface area contributed by atoms with Crippen LogP contribution in [0, 0.1) is 0 Å². The minimum absolute atomic E-state index is 0.198. The number of carbonyl (C=O) groups is 2. The Morgan fingerprint density at radius 1 is 1.53 bits per heavy atom. The van der Waals surface area contributed by atoms with Crippen molar-refractivity contribution in [3.63, 3.8) is 0 Å². The second-order valence-electron chi connectivity index (χ2n) is 2.65. The van der Waals surface area contributed by atoms with Crippen LogP contribution in [0.5, 0.6) is 0 Å². The first-order chi connectivity index (χ1) is 7.13. The highest BCUT2D eigenvalue weighted by atomic mass is 16.4. The SMILES string of the molecule is O=C(Cn1cnnn1)N[C@H](CO)C(=O)O. The van der Waals surface area contributed by atoms with Crippen LogP contribution < -0.4 is 5.32 Å². The predicted molar refractivity (Wildman–Crippen MR) is 44.5 cm³/mol. The molecule has 1 amide bonds. The lowest BCUT2D eigenvalue weighted by Gasteiger charge is -2.10. The maximum absolute atomic E-state index is 11.2. The van der Waals surface area contributed by atoms with Gasteiger partial charge in [0.15, 0.2) is 0 Å². The fraction of sp³-hybridized carbons (Fsp3) is 0.500. The molecule has 0 bridgehead atoms. The van der Waals surface area contributed by atoms with Gasteiger partial charge in [0.2, 0.25) is 5.91 Å². The van der Waals surface area contributed by atoms with Crippen LogP contribution in [-0.2, 0) is 16.1 Å². The van der Waals surface area contributed by atoms with E-state index < -0.39 is 24.5 Å². The zero-order valence-electron chi connectivity index (χ0n) is 7.57. The Hall–Kier alpha value is -2.03. The van der Waals surface area contributed by atoms with Gasteiger partial charge in [-0.3, -0.25) is 4.79 Å². The van der Waals surface area contributed by atoms with Gasteiger partial charge in [-0.2, -0.15) is 0 Å². The number of aliphatic carboxylic acids is 1. The van der Waals surface area contributed by atoms with Crippen LogP contribution in [0.15, 0.2) is 6.33 Å². The smallest absolute Gasteiger partial charge is 0.328 e. The molecule has 1 rings (SSSR count). The Bertz CT molecular complexity index is 337. The second kappa shape index (κ2) is 5.00. The largest absolute Gasteiger partial charge is 0.480 e. The van der Waals surface area contributed by atoms with E-state index in [0.29, 0.717) is 0 Å². The zero-order valence-corrected chi connectivity index (χ0v) is 7.57. The summed E-state index contributed by atoms with van der Waals surface area (Å²) >= 11 is 0. The van der Waals surface area contributed by atoms with Gasteiger partial charge in [0, 0.05) is 0 Å². The molecule has 1 heterocycles. The van der Waals surface area contributed by atoms with Gasteiger partial charge in [-0.15, -0.1) is 5.10 Å². The number of nitrogens with zero attached hydrogens (tertiary/aromatic N) is 4. The van der Waals surface area contributed by atoms with Gasteiger partial charge in [-0.25, -0.2) is 9.48 Å². The van der Waals surface area contributed by atoms with Crippen LogP contribution in [0.25, 0.3) is 0 Å². The van der Waals surface area contributed by atoms with Gasteiger partial charge in [0.05, 0.1) is 6.61 Å². The molecule has 0 saturated carbocycles. The molecule has 9 heteroatoms. The molecule has 0 fully saturated rings. The summed E-state index contributed by atoms with van der Waals surface area (Å²) in [5.41, 5.74) is 0. The van der Waals surface area contributed by atoms with Crippen LogP contribution in [0.4, 0.5) is 0 Å². The van der Waals surface area contributed by atoms with Crippen molar-refractivity contribution >= 4 is 11.9 Å². The average molecular weight is 215 g/mol. The lowest BCUT2D eigenvalue weighted by atomic mass is 10.3. The molecular formula is C6H9N5O4. The first-order valence-corrected chi connectivity index (χ1v) is 3.97. The summed E-state index contributed by atoms with van der Waals surface area (Å²) in [5, 5.41) is 29.3. The fourth-order valence-electron chi connectivity index (χ4n) is 0.825. The maximum Gasteiger partial charge on any atom is 0.328 e. The van der Waals surface area contributed by atoms with Gasteiger partial charge >= 0.3 is 5.97 Å². The van der Waals surface area contributed by atoms with E-state index in [2.05, 4.69) is 20.8 Å². The molecule has 9 nitrogen and oxygen atoms in total.